The number of halogens is 3. The van der Waals surface area contributed by atoms with Gasteiger partial charge in [0.25, 0.3) is 10.1 Å². The molecule has 280 valence electrons. The predicted molar refractivity (Wildman–Crippen MR) is 190 cm³/mol. The fourth-order valence-corrected chi connectivity index (χ4v) is 8.18. The molecular formula is C34H44F3N9O4SSi. The standard InChI is InChI=1S/C34H44F3N9O4SSi/c1-51(47,48)49-19-24-15-29(34(35,36)37)43-30(16-24)50-27-7-5-26(6-8-27)45-20-33(21-45,10-11-38)46-18-25(17-42-46)31-28-9-13-44(32(28)41-22-40-31)23-39-12-14-52(2,3)4/h9,13,15-18,22,26-27,39H,5-8,10,12,14,19-21,23H2,1-4H3. The van der Waals surface area contributed by atoms with Crippen LogP contribution in [0, 0.1) is 11.3 Å². The lowest BCUT2D eigenvalue weighted by Gasteiger charge is -2.53. The summed E-state index contributed by atoms with van der Waals surface area (Å²) in [5, 5.41) is 19.0. The first-order valence-electron chi connectivity index (χ1n) is 17.3. The molecule has 0 atom stereocenters. The quantitative estimate of drug-likeness (QED) is 0.100. The molecule has 6 rings (SSSR count). The fourth-order valence-electron chi connectivity index (χ4n) is 6.90. The van der Waals surface area contributed by atoms with Crippen LogP contribution >= 0.6 is 0 Å². The number of hydrogen-bond acceptors (Lipinski definition) is 11. The Kier molecular flexibility index (Phi) is 10.8. The third-order valence-corrected chi connectivity index (χ3v) is 12.0. The van der Waals surface area contributed by atoms with E-state index in [-0.39, 0.29) is 30.0 Å². The van der Waals surface area contributed by atoms with Crippen LogP contribution in [0.1, 0.15) is 43.4 Å². The van der Waals surface area contributed by atoms with Crippen molar-refractivity contribution in [2.75, 3.05) is 25.9 Å². The Morgan fingerprint density at radius 2 is 1.88 bits per heavy atom. The predicted octanol–water partition coefficient (Wildman–Crippen LogP) is 5.38. The molecule has 2 aliphatic rings. The smallest absolute Gasteiger partial charge is 0.433 e. The molecule has 0 unspecified atom stereocenters. The molecular weight excluding hydrogens is 716 g/mol. The van der Waals surface area contributed by atoms with E-state index in [0.29, 0.717) is 32.6 Å². The Labute approximate surface area is 302 Å². The molecule has 1 aliphatic heterocycles. The molecule has 13 nitrogen and oxygen atoms in total. The van der Waals surface area contributed by atoms with Gasteiger partial charge in [-0.3, -0.25) is 19.1 Å². The van der Waals surface area contributed by atoms with Crippen molar-refractivity contribution < 1.29 is 30.5 Å². The van der Waals surface area contributed by atoms with Crippen molar-refractivity contribution in [2.45, 2.75) is 94.9 Å². The fraction of sp³-hybridized carbons (Fsp3) is 0.559. The van der Waals surface area contributed by atoms with E-state index in [4.69, 9.17) is 14.0 Å². The van der Waals surface area contributed by atoms with Crippen LogP contribution in [-0.4, -0.2) is 88.7 Å². The summed E-state index contributed by atoms with van der Waals surface area (Å²) in [5.41, 5.74) is 0.791. The van der Waals surface area contributed by atoms with Gasteiger partial charge in [0.1, 0.15) is 29.3 Å². The van der Waals surface area contributed by atoms with Gasteiger partial charge in [-0.25, -0.2) is 15.0 Å². The Bertz CT molecular complexity index is 2030. The number of alkyl halides is 3. The van der Waals surface area contributed by atoms with E-state index < -0.39 is 42.2 Å². The van der Waals surface area contributed by atoms with Crippen LogP contribution in [0.3, 0.4) is 0 Å². The minimum absolute atomic E-state index is 0.00402. The highest BCUT2D eigenvalue weighted by atomic mass is 32.2. The van der Waals surface area contributed by atoms with Crippen molar-refractivity contribution in [2.24, 2.45) is 0 Å². The van der Waals surface area contributed by atoms with E-state index in [1.165, 1.54) is 12.1 Å². The first kappa shape index (κ1) is 37.9. The van der Waals surface area contributed by atoms with Gasteiger partial charge in [0.15, 0.2) is 0 Å². The van der Waals surface area contributed by atoms with Gasteiger partial charge in [0.2, 0.25) is 5.88 Å². The number of nitriles is 1. The summed E-state index contributed by atoms with van der Waals surface area (Å²) < 4.78 is 78.0. The average Bonchev–Trinajstić information content (AvgIpc) is 3.71. The van der Waals surface area contributed by atoms with Gasteiger partial charge in [-0.2, -0.15) is 31.9 Å². The maximum atomic E-state index is 13.5. The van der Waals surface area contributed by atoms with Crippen LogP contribution in [0.4, 0.5) is 13.2 Å². The number of likely N-dealkylation sites (tertiary alicyclic amines) is 1. The van der Waals surface area contributed by atoms with Crippen molar-refractivity contribution in [1.29, 1.82) is 5.26 Å². The highest BCUT2D eigenvalue weighted by molar-refractivity contribution is 7.85. The highest BCUT2D eigenvalue weighted by Gasteiger charge is 2.48. The number of nitrogens with zero attached hydrogens (tertiary/aromatic N) is 8. The van der Waals surface area contributed by atoms with Crippen molar-refractivity contribution in [3.8, 4) is 23.2 Å². The molecule has 1 N–H and O–H groups in total. The summed E-state index contributed by atoms with van der Waals surface area (Å²) in [6.45, 7) is 9.40. The second kappa shape index (κ2) is 14.9. The van der Waals surface area contributed by atoms with E-state index in [2.05, 4.69) is 55.4 Å². The number of hydrogen-bond donors (Lipinski definition) is 1. The van der Waals surface area contributed by atoms with E-state index in [1.54, 1.807) is 12.5 Å². The van der Waals surface area contributed by atoms with Crippen LogP contribution < -0.4 is 10.1 Å². The number of aromatic nitrogens is 6. The number of rotatable bonds is 14. The van der Waals surface area contributed by atoms with Crippen molar-refractivity contribution in [3.05, 3.63) is 54.4 Å². The van der Waals surface area contributed by atoms with Gasteiger partial charge in [0, 0.05) is 56.6 Å². The van der Waals surface area contributed by atoms with E-state index >= 15 is 0 Å². The Balaban J connectivity index is 1.07. The lowest BCUT2D eigenvalue weighted by atomic mass is 9.82. The van der Waals surface area contributed by atoms with Crippen LogP contribution in [0.2, 0.25) is 25.7 Å². The second-order valence-corrected chi connectivity index (χ2v) is 22.3. The Hall–Kier alpha value is -3.89. The maximum absolute atomic E-state index is 13.5. The Morgan fingerprint density at radius 1 is 1.13 bits per heavy atom. The van der Waals surface area contributed by atoms with Crippen molar-refractivity contribution in [1.82, 2.24) is 39.5 Å². The molecule has 0 aromatic carbocycles. The van der Waals surface area contributed by atoms with Crippen LogP contribution in [-0.2, 0) is 39.3 Å². The van der Waals surface area contributed by atoms with Crippen molar-refractivity contribution >= 4 is 29.2 Å². The first-order valence-corrected chi connectivity index (χ1v) is 22.8. The molecule has 0 amide bonds. The average molecular weight is 760 g/mol. The van der Waals surface area contributed by atoms with Gasteiger partial charge in [0.05, 0.1) is 43.9 Å². The largest absolute Gasteiger partial charge is 0.474 e. The second-order valence-electron chi connectivity index (χ2n) is 15.1. The van der Waals surface area contributed by atoms with Gasteiger partial charge < -0.3 is 9.30 Å². The molecule has 1 saturated heterocycles. The molecule has 4 aromatic heterocycles. The highest BCUT2D eigenvalue weighted by Crippen LogP contribution is 2.39. The maximum Gasteiger partial charge on any atom is 0.433 e. The molecule has 1 saturated carbocycles. The van der Waals surface area contributed by atoms with Crippen LogP contribution in [0.15, 0.2) is 43.1 Å². The monoisotopic (exact) mass is 759 g/mol. The zero-order chi connectivity index (χ0) is 37.3. The number of fused-ring (bicyclic) bond motifs is 1. The first-order chi connectivity index (χ1) is 24.5. The molecule has 5 heterocycles. The third kappa shape index (κ3) is 9.00. The van der Waals surface area contributed by atoms with Crippen LogP contribution in [0.5, 0.6) is 5.88 Å². The summed E-state index contributed by atoms with van der Waals surface area (Å²) in [6, 6.07) is 7.83. The number of nitrogens with one attached hydrogen (secondary N) is 1. The van der Waals surface area contributed by atoms with Gasteiger partial charge >= 0.3 is 6.18 Å². The van der Waals surface area contributed by atoms with Crippen LogP contribution in [0.25, 0.3) is 22.3 Å². The summed E-state index contributed by atoms with van der Waals surface area (Å²) in [6.07, 6.45) is 6.06. The topological polar surface area (TPSA) is 153 Å². The van der Waals surface area contributed by atoms with Crippen molar-refractivity contribution in [3.63, 3.8) is 0 Å². The lowest BCUT2D eigenvalue weighted by molar-refractivity contribution is -0.141. The SMILES string of the molecule is C[Si](C)(C)CCNCn1ccc2c(-c3cnn(C4(CC#N)CN(C5CCC(Oc6cc(COS(C)(=O)=O)cc(C(F)(F)F)n6)CC5)C4)c3)ncnc21. The minimum atomic E-state index is -4.74. The number of ether oxygens (including phenoxy) is 1. The molecule has 0 radical (unpaired) electrons. The molecule has 1 aliphatic carbocycles. The van der Waals surface area contributed by atoms with Gasteiger partial charge in [-0.05, 0) is 56.0 Å². The Morgan fingerprint density at radius 3 is 2.56 bits per heavy atom. The molecule has 18 heteroatoms. The van der Waals surface area contributed by atoms with Gasteiger partial charge in [-0.1, -0.05) is 19.6 Å². The zero-order valence-corrected chi connectivity index (χ0v) is 31.5. The summed E-state index contributed by atoms with van der Waals surface area (Å²) in [4.78, 5) is 15.1. The third-order valence-electron chi connectivity index (χ3n) is 9.67. The van der Waals surface area contributed by atoms with E-state index in [0.717, 1.165) is 54.0 Å². The summed E-state index contributed by atoms with van der Waals surface area (Å²) >= 11 is 0. The minimum Gasteiger partial charge on any atom is -0.474 e. The molecule has 0 spiro atoms. The number of pyridine rings is 1. The van der Waals surface area contributed by atoms with E-state index in [1.807, 2.05) is 23.1 Å². The lowest BCUT2D eigenvalue weighted by Crippen LogP contribution is -2.65. The van der Waals surface area contributed by atoms with E-state index in [9.17, 15) is 26.9 Å². The van der Waals surface area contributed by atoms with Gasteiger partial charge in [-0.15, -0.1) is 0 Å². The molecule has 0 bridgehead atoms. The zero-order valence-electron chi connectivity index (χ0n) is 29.7. The summed E-state index contributed by atoms with van der Waals surface area (Å²) in [5.74, 6) is -0.219. The molecule has 4 aromatic rings. The molecule has 2 fully saturated rings. The normalized spacial score (nSPS) is 19.7. The summed E-state index contributed by atoms with van der Waals surface area (Å²) in [7, 11) is -4.99. The molecule has 52 heavy (non-hydrogen) atoms.